The molecule has 6 rings (SSSR count). The fourth-order valence-electron chi connectivity index (χ4n) is 6.94. The Bertz CT molecular complexity index is 1350. The number of anilines is 1. The number of nitrogens with zero attached hydrogens (tertiary/aromatic N) is 1. The Morgan fingerprint density at radius 3 is 1.93 bits per heavy atom. The molecule has 1 heterocycles. The monoisotopic (exact) mass is 533 g/mol. The number of nitrogens with one attached hydrogen (secondary N) is 2. The van der Waals surface area contributed by atoms with Crippen LogP contribution in [0.25, 0.3) is 22.6 Å². The molecule has 4 aromatic rings. The molecule has 0 bridgehead atoms. The van der Waals surface area contributed by atoms with Crippen LogP contribution < -0.4 is 5.32 Å². The molecule has 0 unspecified atom stereocenters. The molecule has 2 aliphatic carbocycles. The molecule has 0 saturated heterocycles. The Hall–Kier alpha value is -3.53. The highest BCUT2D eigenvalue weighted by Gasteiger charge is 2.27. The van der Waals surface area contributed by atoms with Gasteiger partial charge >= 0.3 is 0 Å². The van der Waals surface area contributed by atoms with Crippen molar-refractivity contribution in [2.75, 3.05) is 12.4 Å². The van der Waals surface area contributed by atoms with Crippen LogP contribution in [-0.4, -0.2) is 22.1 Å². The zero-order chi connectivity index (χ0) is 27.3. The van der Waals surface area contributed by atoms with Crippen molar-refractivity contribution in [2.24, 2.45) is 0 Å². The van der Waals surface area contributed by atoms with Gasteiger partial charge in [0, 0.05) is 29.6 Å². The van der Waals surface area contributed by atoms with E-state index in [-0.39, 0.29) is 0 Å². The third-order valence-corrected chi connectivity index (χ3v) is 9.26. The summed E-state index contributed by atoms with van der Waals surface area (Å²) >= 11 is 0. The van der Waals surface area contributed by atoms with Crippen LogP contribution >= 0.6 is 0 Å². The van der Waals surface area contributed by atoms with Crippen LogP contribution in [0, 0.1) is 0 Å². The van der Waals surface area contributed by atoms with Crippen LogP contribution in [0.3, 0.4) is 0 Å². The minimum absolute atomic E-state index is 0.442. The van der Waals surface area contributed by atoms with Crippen molar-refractivity contribution in [3.8, 4) is 28.4 Å². The van der Waals surface area contributed by atoms with Gasteiger partial charge in [-0.1, -0.05) is 81.0 Å². The van der Waals surface area contributed by atoms with Gasteiger partial charge in [-0.15, -0.1) is 0 Å². The average Bonchev–Trinajstić information content (AvgIpc) is 3.46. The molecule has 0 radical (unpaired) electrons. The molecule has 0 aliphatic heterocycles. The van der Waals surface area contributed by atoms with Gasteiger partial charge in [-0.2, -0.15) is 0 Å². The standard InChI is InChI=1S/C36H43N3O/c1-37-30-20-18-28(19-21-30)34-33(22-17-25-11-5-2-6-12-25)38-36(39-34)29-23-31(26-13-7-3-8-14-26)35(40)32(24-29)27-15-9-4-10-16-27/h2,5-6,11-12,18-21,23-24,26-27,37,40H,3-4,7-10,13-17,22H2,1H3,(H,38,39). The quantitative estimate of drug-likeness (QED) is 0.211. The molecular formula is C36H43N3O. The summed E-state index contributed by atoms with van der Waals surface area (Å²) < 4.78 is 0. The molecule has 4 nitrogen and oxygen atoms in total. The second-order valence-electron chi connectivity index (χ2n) is 11.9. The summed E-state index contributed by atoms with van der Waals surface area (Å²) in [4.78, 5) is 9.03. The molecule has 2 fully saturated rings. The summed E-state index contributed by atoms with van der Waals surface area (Å²) in [6, 6.07) is 23.8. The first-order valence-electron chi connectivity index (χ1n) is 15.5. The SMILES string of the molecule is CNc1ccc(-c2nc(-c3cc(C4CCCCC4)c(O)c(C4CCCCC4)c3)[nH]c2CCc2ccccc2)cc1. The lowest BCUT2D eigenvalue weighted by molar-refractivity contribution is 0.393. The maximum absolute atomic E-state index is 11.6. The van der Waals surface area contributed by atoms with Crippen molar-refractivity contribution >= 4 is 5.69 Å². The predicted octanol–water partition coefficient (Wildman–Crippen LogP) is 9.37. The Morgan fingerprint density at radius 2 is 1.35 bits per heavy atom. The number of aromatic amines is 1. The first kappa shape index (κ1) is 26.7. The van der Waals surface area contributed by atoms with Crippen molar-refractivity contribution < 1.29 is 5.11 Å². The zero-order valence-electron chi connectivity index (χ0n) is 23.9. The number of H-pyrrole nitrogens is 1. The van der Waals surface area contributed by atoms with Crippen LogP contribution in [0.5, 0.6) is 5.75 Å². The molecule has 1 aromatic heterocycles. The van der Waals surface area contributed by atoms with Gasteiger partial charge in [0.05, 0.1) is 5.69 Å². The highest BCUT2D eigenvalue weighted by Crippen LogP contribution is 2.46. The first-order valence-corrected chi connectivity index (χ1v) is 15.5. The summed E-state index contributed by atoms with van der Waals surface area (Å²) in [5.41, 5.74) is 9.18. The number of aryl methyl sites for hydroxylation is 2. The Balaban J connectivity index is 1.42. The summed E-state index contributed by atoms with van der Waals surface area (Å²) in [7, 11) is 1.95. The average molecular weight is 534 g/mol. The van der Waals surface area contributed by atoms with Crippen LogP contribution in [0.2, 0.25) is 0 Å². The molecule has 4 heteroatoms. The Kier molecular flexibility index (Phi) is 8.22. The largest absolute Gasteiger partial charge is 0.507 e. The topological polar surface area (TPSA) is 60.9 Å². The van der Waals surface area contributed by atoms with E-state index in [1.165, 1.54) is 75.5 Å². The van der Waals surface area contributed by atoms with E-state index in [0.717, 1.165) is 52.3 Å². The number of benzene rings is 3. The van der Waals surface area contributed by atoms with E-state index in [9.17, 15) is 5.11 Å². The highest BCUT2D eigenvalue weighted by atomic mass is 16.3. The molecule has 3 N–H and O–H groups in total. The van der Waals surface area contributed by atoms with Gasteiger partial charge in [0.25, 0.3) is 0 Å². The van der Waals surface area contributed by atoms with Crippen molar-refractivity contribution in [1.82, 2.24) is 9.97 Å². The van der Waals surface area contributed by atoms with E-state index < -0.39 is 0 Å². The maximum atomic E-state index is 11.6. The number of phenolic OH excluding ortho intramolecular Hbond substituents is 1. The van der Waals surface area contributed by atoms with Crippen LogP contribution in [-0.2, 0) is 12.8 Å². The summed E-state index contributed by atoms with van der Waals surface area (Å²) in [6.07, 6.45) is 14.2. The fourth-order valence-corrected chi connectivity index (χ4v) is 6.94. The lowest BCUT2D eigenvalue weighted by Gasteiger charge is -2.28. The number of hydrogen-bond acceptors (Lipinski definition) is 3. The first-order chi connectivity index (χ1) is 19.7. The van der Waals surface area contributed by atoms with Gasteiger partial charge in [-0.25, -0.2) is 4.98 Å². The predicted molar refractivity (Wildman–Crippen MR) is 166 cm³/mol. The lowest BCUT2D eigenvalue weighted by Crippen LogP contribution is -2.09. The summed E-state index contributed by atoms with van der Waals surface area (Å²) in [5, 5.41) is 14.9. The molecule has 2 aliphatic rings. The van der Waals surface area contributed by atoms with Crippen LogP contribution in [0.15, 0.2) is 66.7 Å². The second-order valence-corrected chi connectivity index (χ2v) is 11.9. The van der Waals surface area contributed by atoms with E-state index in [2.05, 4.69) is 77.0 Å². The van der Waals surface area contributed by atoms with E-state index in [4.69, 9.17) is 4.98 Å². The van der Waals surface area contributed by atoms with E-state index in [0.29, 0.717) is 17.6 Å². The second kappa shape index (κ2) is 12.3. The van der Waals surface area contributed by atoms with Crippen molar-refractivity contribution in [1.29, 1.82) is 0 Å². The highest BCUT2D eigenvalue weighted by molar-refractivity contribution is 5.71. The molecule has 0 amide bonds. The molecule has 40 heavy (non-hydrogen) atoms. The lowest BCUT2D eigenvalue weighted by atomic mass is 9.78. The van der Waals surface area contributed by atoms with Gasteiger partial charge in [0.2, 0.25) is 0 Å². The third-order valence-electron chi connectivity index (χ3n) is 9.26. The van der Waals surface area contributed by atoms with E-state index in [1.54, 1.807) is 0 Å². The van der Waals surface area contributed by atoms with Gasteiger partial charge in [-0.05, 0) is 91.3 Å². The smallest absolute Gasteiger partial charge is 0.138 e. The Labute approximate surface area is 239 Å². The molecule has 0 spiro atoms. The molecule has 2 saturated carbocycles. The molecule has 3 aromatic carbocycles. The van der Waals surface area contributed by atoms with Crippen LogP contribution in [0.4, 0.5) is 5.69 Å². The fraction of sp³-hybridized carbons (Fsp3) is 0.417. The number of hydrogen-bond donors (Lipinski definition) is 3. The van der Waals surface area contributed by atoms with Crippen molar-refractivity contribution in [2.45, 2.75) is 88.9 Å². The normalized spacial score (nSPS) is 16.7. The maximum Gasteiger partial charge on any atom is 0.138 e. The van der Waals surface area contributed by atoms with Crippen molar-refractivity contribution in [3.05, 3.63) is 89.1 Å². The minimum atomic E-state index is 0.442. The van der Waals surface area contributed by atoms with E-state index in [1.807, 2.05) is 7.05 Å². The molecule has 0 atom stereocenters. The zero-order valence-corrected chi connectivity index (χ0v) is 23.9. The number of aromatic hydroxyl groups is 1. The third kappa shape index (κ3) is 5.82. The number of aromatic nitrogens is 2. The van der Waals surface area contributed by atoms with Crippen molar-refractivity contribution in [3.63, 3.8) is 0 Å². The molecular weight excluding hydrogens is 490 g/mol. The Morgan fingerprint density at radius 1 is 0.750 bits per heavy atom. The molecule has 208 valence electrons. The van der Waals surface area contributed by atoms with E-state index >= 15 is 0 Å². The van der Waals surface area contributed by atoms with Gasteiger partial charge in [-0.3, -0.25) is 0 Å². The number of rotatable bonds is 8. The summed E-state index contributed by atoms with van der Waals surface area (Å²) in [6.45, 7) is 0. The van der Waals surface area contributed by atoms with Crippen LogP contribution in [0.1, 0.15) is 98.4 Å². The van der Waals surface area contributed by atoms with Gasteiger partial charge in [0.1, 0.15) is 11.6 Å². The minimum Gasteiger partial charge on any atom is -0.507 e. The van der Waals surface area contributed by atoms with Gasteiger partial charge < -0.3 is 15.4 Å². The summed E-state index contributed by atoms with van der Waals surface area (Å²) in [5.74, 6) is 2.38. The number of imidazole rings is 1. The van der Waals surface area contributed by atoms with Gasteiger partial charge in [0.15, 0.2) is 0 Å². The number of phenols is 1.